The molecule has 0 atom stereocenters. The van der Waals surface area contributed by atoms with E-state index in [4.69, 9.17) is 4.74 Å². The van der Waals surface area contributed by atoms with Gasteiger partial charge in [-0.2, -0.15) is 0 Å². The number of carbonyl (C=O) groups is 1. The van der Waals surface area contributed by atoms with Gasteiger partial charge in [-0.05, 0) is 29.3 Å². The van der Waals surface area contributed by atoms with Gasteiger partial charge in [-0.1, -0.05) is 6.07 Å². The van der Waals surface area contributed by atoms with Crippen molar-refractivity contribution in [2.45, 2.75) is 6.42 Å². The number of ether oxygens (including phenoxy) is 1. The minimum absolute atomic E-state index is 0.0514. The summed E-state index contributed by atoms with van der Waals surface area (Å²) in [7, 11) is 0. The van der Waals surface area contributed by atoms with Crippen molar-refractivity contribution >= 4 is 17.8 Å². The van der Waals surface area contributed by atoms with Crippen molar-refractivity contribution in [2.75, 3.05) is 37.7 Å². The molecule has 25 heavy (non-hydrogen) atoms. The van der Waals surface area contributed by atoms with Crippen LogP contribution in [0.2, 0.25) is 0 Å². The Labute approximate surface area is 146 Å². The number of amides is 1. The summed E-state index contributed by atoms with van der Waals surface area (Å²) >= 11 is 0. The van der Waals surface area contributed by atoms with Gasteiger partial charge in [-0.15, -0.1) is 0 Å². The first-order chi connectivity index (χ1) is 12.3. The molecule has 2 aromatic rings. The average molecular weight is 336 g/mol. The molecule has 6 heteroatoms. The SMILES string of the molecule is O=C(C=Cc1ccc2c(c1)CCO2)N1CCN(c2cnccn2)CC1. The largest absolute Gasteiger partial charge is 0.493 e. The average Bonchev–Trinajstić information content (AvgIpc) is 3.15. The molecule has 0 spiro atoms. The smallest absolute Gasteiger partial charge is 0.246 e. The topological polar surface area (TPSA) is 58.6 Å². The van der Waals surface area contributed by atoms with Crippen LogP contribution >= 0.6 is 0 Å². The van der Waals surface area contributed by atoms with Gasteiger partial charge in [0.15, 0.2) is 0 Å². The van der Waals surface area contributed by atoms with E-state index < -0.39 is 0 Å². The zero-order valence-corrected chi connectivity index (χ0v) is 14.0. The molecule has 128 valence electrons. The predicted octanol–water partition coefficient (Wildman–Crippen LogP) is 1.77. The van der Waals surface area contributed by atoms with Gasteiger partial charge in [0.05, 0.1) is 12.8 Å². The fourth-order valence-corrected chi connectivity index (χ4v) is 3.19. The van der Waals surface area contributed by atoms with Crippen molar-refractivity contribution in [3.8, 4) is 5.75 Å². The van der Waals surface area contributed by atoms with Crippen LogP contribution in [0.15, 0.2) is 42.9 Å². The fourth-order valence-electron chi connectivity index (χ4n) is 3.19. The monoisotopic (exact) mass is 336 g/mol. The van der Waals surface area contributed by atoms with Gasteiger partial charge in [-0.25, -0.2) is 4.98 Å². The third kappa shape index (κ3) is 3.47. The van der Waals surface area contributed by atoms with Crippen LogP contribution in [-0.2, 0) is 11.2 Å². The normalized spacial score (nSPS) is 16.8. The first-order valence-electron chi connectivity index (χ1n) is 8.53. The Morgan fingerprint density at radius 1 is 1.16 bits per heavy atom. The number of anilines is 1. The molecular weight excluding hydrogens is 316 g/mol. The van der Waals surface area contributed by atoms with E-state index in [9.17, 15) is 4.79 Å². The number of carbonyl (C=O) groups excluding carboxylic acids is 1. The van der Waals surface area contributed by atoms with Gasteiger partial charge in [0.2, 0.25) is 5.91 Å². The summed E-state index contributed by atoms with van der Waals surface area (Å²) in [6.07, 6.45) is 9.60. The van der Waals surface area contributed by atoms with Crippen molar-refractivity contribution in [1.29, 1.82) is 0 Å². The standard InChI is InChI=1S/C19H20N4O2/c24-19(4-2-15-1-3-17-16(13-15)5-12-25-17)23-10-8-22(9-11-23)18-14-20-6-7-21-18/h1-4,6-7,13-14H,5,8-12H2. The van der Waals surface area contributed by atoms with E-state index in [1.54, 1.807) is 24.7 Å². The van der Waals surface area contributed by atoms with Crippen LogP contribution in [-0.4, -0.2) is 53.6 Å². The first kappa shape index (κ1) is 15.6. The van der Waals surface area contributed by atoms with Crippen LogP contribution < -0.4 is 9.64 Å². The molecule has 1 aromatic heterocycles. The van der Waals surface area contributed by atoms with Gasteiger partial charge in [0, 0.05) is 51.1 Å². The minimum atomic E-state index is 0.0514. The number of nitrogens with zero attached hydrogens (tertiary/aromatic N) is 4. The van der Waals surface area contributed by atoms with E-state index in [0.29, 0.717) is 13.1 Å². The highest BCUT2D eigenvalue weighted by Gasteiger charge is 2.20. The second kappa shape index (κ2) is 6.93. The maximum absolute atomic E-state index is 12.4. The predicted molar refractivity (Wildman–Crippen MR) is 95.5 cm³/mol. The van der Waals surface area contributed by atoms with Gasteiger partial charge >= 0.3 is 0 Å². The van der Waals surface area contributed by atoms with Crippen molar-refractivity contribution in [2.24, 2.45) is 0 Å². The number of rotatable bonds is 3. The third-order valence-corrected chi connectivity index (χ3v) is 4.60. The summed E-state index contributed by atoms with van der Waals surface area (Å²) in [5, 5.41) is 0. The zero-order chi connectivity index (χ0) is 17.1. The number of piperazine rings is 1. The summed E-state index contributed by atoms with van der Waals surface area (Å²) in [6.45, 7) is 3.68. The Hall–Kier alpha value is -2.89. The summed E-state index contributed by atoms with van der Waals surface area (Å²) in [5.41, 5.74) is 2.25. The lowest BCUT2D eigenvalue weighted by Gasteiger charge is -2.34. The van der Waals surface area contributed by atoms with E-state index in [0.717, 1.165) is 43.2 Å². The van der Waals surface area contributed by atoms with Crippen molar-refractivity contribution in [1.82, 2.24) is 14.9 Å². The zero-order valence-electron chi connectivity index (χ0n) is 14.0. The molecule has 2 aliphatic rings. The summed E-state index contributed by atoms with van der Waals surface area (Å²) in [6, 6.07) is 6.06. The molecule has 2 aliphatic heterocycles. The molecule has 0 radical (unpaired) electrons. The fraction of sp³-hybridized carbons (Fsp3) is 0.316. The van der Waals surface area contributed by atoms with E-state index in [1.807, 2.05) is 23.1 Å². The quantitative estimate of drug-likeness (QED) is 0.800. The van der Waals surface area contributed by atoms with Crippen LogP contribution in [0.4, 0.5) is 5.82 Å². The summed E-state index contributed by atoms with van der Waals surface area (Å²) in [5.74, 6) is 1.88. The van der Waals surface area contributed by atoms with Crippen LogP contribution in [0.25, 0.3) is 6.08 Å². The maximum atomic E-state index is 12.4. The summed E-state index contributed by atoms with van der Waals surface area (Å²) < 4.78 is 5.51. The lowest BCUT2D eigenvalue weighted by Crippen LogP contribution is -2.48. The van der Waals surface area contributed by atoms with E-state index in [2.05, 4.69) is 20.9 Å². The van der Waals surface area contributed by atoms with E-state index >= 15 is 0 Å². The number of hydrogen-bond acceptors (Lipinski definition) is 5. The van der Waals surface area contributed by atoms with Gasteiger partial charge in [0.1, 0.15) is 11.6 Å². The molecule has 1 saturated heterocycles. The van der Waals surface area contributed by atoms with Crippen molar-refractivity contribution < 1.29 is 9.53 Å². The van der Waals surface area contributed by atoms with Crippen LogP contribution in [0.3, 0.4) is 0 Å². The molecule has 0 bridgehead atoms. The van der Waals surface area contributed by atoms with Gasteiger partial charge in [0.25, 0.3) is 0 Å². The highest BCUT2D eigenvalue weighted by atomic mass is 16.5. The third-order valence-electron chi connectivity index (χ3n) is 4.60. The number of fused-ring (bicyclic) bond motifs is 1. The maximum Gasteiger partial charge on any atom is 0.246 e. The highest BCUT2D eigenvalue weighted by molar-refractivity contribution is 5.92. The van der Waals surface area contributed by atoms with Crippen molar-refractivity contribution in [3.63, 3.8) is 0 Å². The molecule has 3 heterocycles. The van der Waals surface area contributed by atoms with Crippen LogP contribution in [0.5, 0.6) is 5.75 Å². The molecule has 0 N–H and O–H groups in total. The molecule has 0 aliphatic carbocycles. The Kier molecular flexibility index (Phi) is 4.33. The molecule has 4 rings (SSSR count). The van der Waals surface area contributed by atoms with Gasteiger partial charge < -0.3 is 14.5 Å². The lowest BCUT2D eigenvalue weighted by atomic mass is 10.1. The van der Waals surface area contributed by atoms with E-state index in [1.165, 1.54) is 5.56 Å². The van der Waals surface area contributed by atoms with Crippen LogP contribution in [0.1, 0.15) is 11.1 Å². The molecular formula is C19H20N4O2. The molecule has 1 amide bonds. The lowest BCUT2D eigenvalue weighted by molar-refractivity contribution is -0.126. The molecule has 1 aromatic carbocycles. The molecule has 1 fully saturated rings. The number of hydrogen-bond donors (Lipinski definition) is 0. The molecule has 0 saturated carbocycles. The van der Waals surface area contributed by atoms with E-state index in [-0.39, 0.29) is 5.91 Å². The highest BCUT2D eigenvalue weighted by Crippen LogP contribution is 2.26. The second-order valence-electron chi connectivity index (χ2n) is 6.17. The van der Waals surface area contributed by atoms with Gasteiger partial charge in [-0.3, -0.25) is 9.78 Å². The van der Waals surface area contributed by atoms with Crippen molar-refractivity contribution in [3.05, 3.63) is 54.0 Å². The molecule has 6 nitrogen and oxygen atoms in total. The summed E-state index contributed by atoms with van der Waals surface area (Å²) in [4.78, 5) is 24.9. The Morgan fingerprint density at radius 3 is 2.84 bits per heavy atom. The molecule has 0 unspecified atom stereocenters. The number of aromatic nitrogens is 2. The Balaban J connectivity index is 1.34. The Bertz CT molecular complexity index is 783. The second-order valence-corrected chi connectivity index (χ2v) is 6.17. The minimum Gasteiger partial charge on any atom is -0.493 e. The Morgan fingerprint density at radius 2 is 2.04 bits per heavy atom. The first-order valence-corrected chi connectivity index (χ1v) is 8.53. The van der Waals surface area contributed by atoms with Crippen LogP contribution in [0, 0.1) is 0 Å². The number of benzene rings is 1.